The Hall–Kier alpha value is -3.66. The van der Waals surface area contributed by atoms with Gasteiger partial charge in [-0.2, -0.15) is 13.5 Å². The van der Waals surface area contributed by atoms with E-state index in [0.29, 0.717) is 0 Å². The Bertz CT molecular complexity index is 1130. The first-order valence-electron chi connectivity index (χ1n) is 7.80. The van der Waals surface area contributed by atoms with Crippen molar-refractivity contribution in [1.82, 2.24) is 5.48 Å². The number of nitrogens with two attached hydrogens (primary N) is 1. The Morgan fingerprint density at radius 2 is 1.74 bits per heavy atom. The predicted molar refractivity (Wildman–Crippen MR) is 110 cm³/mol. The Morgan fingerprint density at radius 1 is 1.16 bits per heavy atom. The van der Waals surface area contributed by atoms with Gasteiger partial charge in [-0.1, -0.05) is 29.3 Å². The fraction of sp³-hybridized carbons (Fsp3) is 0.0667. The van der Waals surface area contributed by atoms with Gasteiger partial charge >= 0.3 is 5.69 Å². The maximum atomic E-state index is 10.9. The van der Waals surface area contributed by atoms with Crippen LogP contribution in [0.5, 0.6) is 0 Å². The van der Waals surface area contributed by atoms with Gasteiger partial charge in [-0.05, 0) is 25.1 Å². The van der Waals surface area contributed by atoms with Crippen molar-refractivity contribution in [2.24, 2.45) is 15.9 Å². The molecular formula is C15H15ClN6O8S. The monoisotopic (exact) mass is 474 g/mol. The van der Waals surface area contributed by atoms with Gasteiger partial charge in [0.1, 0.15) is 5.02 Å². The number of nitro benzene ring substituents is 2. The highest BCUT2D eigenvalue weighted by Crippen LogP contribution is 2.33. The van der Waals surface area contributed by atoms with Crippen molar-refractivity contribution in [2.45, 2.75) is 11.8 Å². The molecule has 0 amide bonds. The zero-order chi connectivity index (χ0) is 23.8. The summed E-state index contributed by atoms with van der Waals surface area (Å²) in [7, 11) is -4.02. The smallest absolute Gasteiger partial charge is 0.303 e. The number of hydrogen-bond acceptors (Lipinski definition) is 9. The van der Waals surface area contributed by atoms with Gasteiger partial charge < -0.3 is 5.73 Å². The van der Waals surface area contributed by atoms with Crippen LogP contribution in [-0.4, -0.2) is 40.2 Å². The molecule has 0 radical (unpaired) electrons. The summed E-state index contributed by atoms with van der Waals surface area (Å²) in [5.41, 5.74) is 5.76. The van der Waals surface area contributed by atoms with Crippen LogP contribution in [0.15, 0.2) is 51.5 Å². The molecule has 0 unspecified atom stereocenters. The average molecular weight is 475 g/mol. The summed E-state index contributed by atoms with van der Waals surface area (Å²) < 4.78 is 29.6. The topological polar surface area (TPSA) is 224 Å². The summed E-state index contributed by atoms with van der Waals surface area (Å²) in [6.45, 7) is 1.84. The highest BCUT2D eigenvalue weighted by Gasteiger charge is 2.27. The molecule has 0 saturated carbocycles. The zero-order valence-electron chi connectivity index (χ0n) is 15.5. The summed E-state index contributed by atoms with van der Waals surface area (Å²) in [6.07, 6.45) is 0.742. The van der Waals surface area contributed by atoms with Gasteiger partial charge in [-0.25, -0.2) is 5.48 Å². The average Bonchev–Trinajstić information content (AvgIpc) is 2.67. The van der Waals surface area contributed by atoms with Crippen molar-refractivity contribution in [3.63, 3.8) is 0 Å². The molecular weight excluding hydrogens is 460 g/mol. The lowest BCUT2D eigenvalue weighted by molar-refractivity contribution is -0.394. The SMILES string of the molecule is Cc1ccc(S(=O)(=O)O)cc1.NC(=N/N=C/c1c([N+](=O)[O-])ccc(Cl)c1[N+](=O)[O-])NO. The molecule has 2 aromatic carbocycles. The van der Waals surface area contributed by atoms with Crippen LogP contribution < -0.4 is 11.2 Å². The number of aryl methyl sites for hydroxylation is 1. The van der Waals surface area contributed by atoms with Gasteiger partial charge in [0.05, 0.1) is 21.0 Å². The number of hydroxylamine groups is 1. The molecule has 0 aliphatic heterocycles. The molecule has 0 aromatic heterocycles. The van der Waals surface area contributed by atoms with Crippen LogP contribution in [0.4, 0.5) is 11.4 Å². The second-order valence-corrected chi connectivity index (χ2v) is 7.30. The third-order valence-corrected chi connectivity index (χ3v) is 4.48. The molecule has 0 saturated heterocycles. The lowest BCUT2D eigenvalue weighted by Crippen LogP contribution is -2.27. The van der Waals surface area contributed by atoms with Gasteiger partial charge in [0.2, 0.25) is 5.96 Å². The quantitative estimate of drug-likeness (QED) is 0.162. The zero-order valence-corrected chi connectivity index (χ0v) is 17.1. The number of hydrogen-bond donors (Lipinski definition) is 4. The van der Waals surface area contributed by atoms with E-state index in [1.54, 1.807) is 12.1 Å². The van der Waals surface area contributed by atoms with E-state index in [2.05, 4.69) is 10.2 Å². The first-order valence-corrected chi connectivity index (χ1v) is 9.62. The number of halogens is 1. The molecule has 14 nitrogen and oxygen atoms in total. The van der Waals surface area contributed by atoms with E-state index in [4.69, 9.17) is 27.1 Å². The predicted octanol–water partition coefficient (Wildman–Crippen LogP) is 2.03. The van der Waals surface area contributed by atoms with Gasteiger partial charge in [0.25, 0.3) is 15.8 Å². The third-order valence-electron chi connectivity index (χ3n) is 3.31. The summed E-state index contributed by atoms with van der Waals surface area (Å²) in [4.78, 5) is 19.9. The Kier molecular flexibility index (Phi) is 8.95. The van der Waals surface area contributed by atoms with Crippen molar-refractivity contribution in [3.05, 3.63) is 72.8 Å². The number of nitro groups is 2. The highest BCUT2D eigenvalue weighted by atomic mass is 35.5. The Balaban J connectivity index is 0.000000367. The van der Waals surface area contributed by atoms with E-state index in [1.165, 1.54) is 17.6 Å². The first-order chi connectivity index (χ1) is 14.4. The molecule has 31 heavy (non-hydrogen) atoms. The molecule has 0 spiro atoms. The van der Waals surface area contributed by atoms with Crippen molar-refractivity contribution >= 4 is 45.3 Å². The molecule has 0 heterocycles. The normalized spacial score (nSPS) is 11.5. The van der Waals surface area contributed by atoms with Crippen LogP contribution in [0.25, 0.3) is 0 Å². The van der Waals surface area contributed by atoms with E-state index < -0.39 is 42.9 Å². The van der Waals surface area contributed by atoms with Crippen molar-refractivity contribution in [3.8, 4) is 0 Å². The van der Waals surface area contributed by atoms with E-state index >= 15 is 0 Å². The summed E-state index contributed by atoms with van der Waals surface area (Å²) >= 11 is 5.63. The number of nitrogens with one attached hydrogen (secondary N) is 1. The van der Waals surface area contributed by atoms with E-state index in [0.717, 1.165) is 23.9 Å². The molecule has 0 aliphatic rings. The minimum Gasteiger partial charge on any atom is -0.367 e. The fourth-order valence-corrected chi connectivity index (χ4v) is 2.64. The fourth-order valence-electron chi connectivity index (χ4n) is 1.92. The molecule has 0 atom stereocenters. The Morgan fingerprint density at radius 3 is 2.19 bits per heavy atom. The van der Waals surface area contributed by atoms with Crippen molar-refractivity contribution in [1.29, 1.82) is 0 Å². The minimum absolute atomic E-state index is 0.0666. The summed E-state index contributed by atoms with van der Waals surface area (Å²) in [5, 5.41) is 36.2. The maximum Gasteiger partial charge on any atom is 0.303 e. The molecule has 2 aromatic rings. The number of nitrogens with zero attached hydrogens (tertiary/aromatic N) is 4. The van der Waals surface area contributed by atoms with Crippen LogP contribution in [-0.2, 0) is 10.1 Å². The summed E-state index contributed by atoms with van der Waals surface area (Å²) in [6, 6.07) is 8.01. The van der Waals surface area contributed by atoms with Crippen molar-refractivity contribution < 1.29 is 28.0 Å². The third kappa shape index (κ3) is 7.59. The molecule has 2 rings (SSSR count). The van der Waals surface area contributed by atoms with Gasteiger partial charge in [0, 0.05) is 6.07 Å². The molecule has 0 bridgehead atoms. The van der Waals surface area contributed by atoms with Crippen LogP contribution in [0.2, 0.25) is 5.02 Å². The molecule has 0 aliphatic carbocycles. The standard InChI is InChI=1S/C8H7ClN6O5.C7H8O3S/c9-5-1-2-6(14(17)18)4(7(5)15(19)20)3-11-12-8(10)13-16;1-6-2-4-7(5-3-6)11(8,9)10/h1-3,16H,(H3,10,12,13);2-5H,1H3,(H,8,9,10)/b11-3+;. The second-order valence-electron chi connectivity index (χ2n) is 5.47. The maximum absolute atomic E-state index is 10.9. The van der Waals surface area contributed by atoms with Gasteiger partial charge in [-0.3, -0.25) is 30.0 Å². The molecule has 5 N–H and O–H groups in total. The Labute approximate surface area is 179 Å². The lowest BCUT2D eigenvalue weighted by atomic mass is 10.1. The van der Waals surface area contributed by atoms with Gasteiger partial charge in [0.15, 0.2) is 5.56 Å². The van der Waals surface area contributed by atoms with Crippen LogP contribution in [0.3, 0.4) is 0 Å². The second kappa shape index (κ2) is 10.9. The van der Waals surface area contributed by atoms with E-state index in [9.17, 15) is 28.6 Å². The number of rotatable bonds is 5. The largest absolute Gasteiger partial charge is 0.367 e. The minimum atomic E-state index is -4.02. The van der Waals surface area contributed by atoms with Crippen LogP contribution in [0.1, 0.15) is 11.1 Å². The summed E-state index contributed by atoms with van der Waals surface area (Å²) in [5.74, 6) is -0.506. The van der Waals surface area contributed by atoms with E-state index in [-0.39, 0.29) is 9.92 Å². The van der Waals surface area contributed by atoms with Crippen LogP contribution in [0, 0.1) is 27.2 Å². The van der Waals surface area contributed by atoms with Crippen molar-refractivity contribution in [2.75, 3.05) is 0 Å². The molecule has 16 heteroatoms. The molecule has 0 fully saturated rings. The van der Waals surface area contributed by atoms with Gasteiger partial charge in [-0.15, -0.1) is 5.10 Å². The highest BCUT2D eigenvalue weighted by molar-refractivity contribution is 7.85. The van der Waals surface area contributed by atoms with E-state index in [1.807, 2.05) is 6.92 Å². The first kappa shape index (κ1) is 25.4. The number of guanidine groups is 1. The lowest BCUT2D eigenvalue weighted by Gasteiger charge is -2.00. The van der Waals surface area contributed by atoms with Crippen LogP contribution >= 0.6 is 11.6 Å². The molecule has 166 valence electrons. The number of benzene rings is 2.